The predicted molar refractivity (Wildman–Crippen MR) is 63.9 cm³/mol. The Hall–Kier alpha value is -1.12. The first-order chi connectivity index (χ1) is 7.83. The quantitative estimate of drug-likeness (QED) is 0.640. The zero-order valence-electron chi connectivity index (χ0n) is 9.26. The summed E-state index contributed by atoms with van der Waals surface area (Å²) in [6.45, 7) is 3.68. The van der Waals surface area contributed by atoms with Crippen molar-refractivity contribution in [3.63, 3.8) is 0 Å². The summed E-state index contributed by atoms with van der Waals surface area (Å²) in [4.78, 5) is 4.22. The molecule has 1 aromatic heterocycles. The van der Waals surface area contributed by atoms with E-state index in [0.717, 1.165) is 16.7 Å². The fourth-order valence-corrected chi connectivity index (χ4v) is 1.79. The van der Waals surface area contributed by atoms with E-state index in [2.05, 4.69) is 24.0 Å². The molecule has 2 aromatic carbocycles. The minimum Gasteiger partial charge on any atom is -0.472 e. The Morgan fingerprint density at radius 3 is 2.47 bits per heavy atom. The van der Waals surface area contributed by atoms with Crippen molar-refractivity contribution in [3.8, 4) is 11.1 Å². The van der Waals surface area contributed by atoms with Crippen LogP contribution in [0.5, 0.6) is 0 Å². The van der Waals surface area contributed by atoms with Crippen LogP contribution in [-0.4, -0.2) is 4.98 Å². The van der Waals surface area contributed by atoms with Crippen LogP contribution in [0.1, 0.15) is 5.89 Å². The number of rotatable bonds is 1. The van der Waals surface area contributed by atoms with Crippen LogP contribution in [0.3, 0.4) is 0 Å². The average molecular weight is 297 g/mol. The van der Waals surface area contributed by atoms with Gasteiger partial charge in [-0.2, -0.15) is 0 Å². The topological polar surface area (TPSA) is 26.0 Å². The van der Waals surface area contributed by atoms with Gasteiger partial charge in [-0.1, -0.05) is 36.4 Å². The summed E-state index contributed by atoms with van der Waals surface area (Å²) < 4.78 is 5.34. The first-order valence-electron chi connectivity index (χ1n) is 5.11. The van der Waals surface area contributed by atoms with Gasteiger partial charge in [0.25, 0.3) is 0 Å². The van der Waals surface area contributed by atoms with Gasteiger partial charge in [-0.25, -0.2) is 4.98 Å². The number of benzene rings is 2. The van der Waals surface area contributed by atoms with E-state index in [1.807, 2.05) is 36.4 Å². The van der Waals surface area contributed by atoms with E-state index in [0.29, 0.717) is 5.89 Å². The molecule has 0 spiro atoms. The molecule has 0 unspecified atom stereocenters. The summed E-state index contributed by atoms with van der Waals surface area (Å²) in [6.07, 6.45) is 0. The van der Waals surface area contributed by atoms with E-state index in [4.69, 9.17) is 4.42 Å². The van der Waals surface area contributed by atoms with Gasteiger partial charge in [0, 0.05) is 32.7 Å². The van der Waals surface area contributed by atoms with Crippen molar-refractivity contribution in [3.05, 3.63) is 61.3 Å². The Balaban J connectivity index is 0.00000108. The maximum atomic E-state index is 5.34. The van der Waals surface area contributed by atoms with Gasteiger partial charge in [0.1, 0.15) is 5.52 Å². The van der Waals surface area contributed by atoms with Crippen molar-refractivity contribution in [2.24, 2.45) is 0 Å². The molecule has 0 saturated carbocycles. The largest absolute Gasteiger partial charge is 0.472 e. The maximum Gasteiger partial charge on any atom is 0.151 e. The molecule has 0 atom stereocenters. The molecule has 2 nitrogen and oxygen atoms in total. The Labute approximate surface area is 125 Å². The standard InChI is InChI=1S/C14H10NO.Y/c1-10-15-13-9-12(7-8-14(13)16-10)11-5-3-2-4-6-11;/h2-9H,1H2;/q-1;. The summed E-state index contributed by atoms with van der Waals surface area (Å²) in [5, 5.41) is 0. The normalized spacial score (nSPS) is 10.1. The van der Waals surface area contributed by atoms with Gasteiger partial charge in [-0.3, -0.25) is 0 Å². The van der Waals surface area contributed by atoms with Crippen LogP contribution in [0.2, 0.25) is 0 Å². The zero-order chi connectivity index (χ0) is 11.0. The number of hydrogen-bond acceptors (Lipinski definition) is 2. The minimum absolute atomic E-state index is 0. The fraction of sp³-hybridized carbons (Fsp3) is 0. The number of hydrogen-bond donors (Lipinski definition) is 0. The van der Waals surface area contributed by atoms with Crippen molar-refractivity contribution < 1.29 is 37.1 Å². The third kappa shape index (κ3) is 2.43. The Morgan fingerprint density at radius 1 is 0.941 bits per heavy atom. The van der Waals surface area contributed by atoms with E-state index < -0.39 is 0 Å². The molecule has 0 fully saturated rings. The second-order valence-corrected chi connectivity index (χ2v) is 3.66. The molecule has 0 aliphatic heterocycles. The van der Waals surface area contributed by atoms with Crippen molar-refractivity contribution in [2.75, 3.05) is 0 Å². The number of fused-ring (bicyclic) bond motifs is 1. The second kappa shape index (κ2) is 5.03. The van der Waals surface area contributed by atoms with Crippen molar-refractivity contribution in [2.45, 2.75) is 0 Å². The molecular formula is C14H10NOY-. The summed E-state index contributed by atoms with van der Waals surface area (Å²) in [5.74, 6) is 0.459. The van der Waals surface area contributed by atoms with Gasteiger partial charge in [0.05, 0.1) is 5.89 Å². The van der Waals surface area contributed by atoms with Crippen molar-refractivity contribution in [1.82, 2.24) is 4.98 Å². The molecule has 3 aromatic rings. The monoisotopic (exact) mass is 297 g/mol. The molecule has 0 amide bonds. The third-order valence-corrected chi connectivity index (χ3v) is 2.54. The third-order valence-electron chi connectivity index (χ3n) is 2.54. The van der Waals surface area contributed by atoms with E-state index in [1.165, 1.54) is 5.56 Å². The molecule has 1 heterocycles. The van der Waals surface area contributed by atoms with Crippen LogP contribution in [-0.2, 0) is 32.7 Å². The first kappa shape index (κ1) is 12.3. The van der Waals surface area contributed by atoms with Gasteiger partial charge < -0.3 is 11.3 Å². The van der Waals surface area contributed by atoms with Crippen LogP contribution in [0, 0.1) is 6.92 Å². The molecule has 17 heavy (non-hydrogen) atoms. The van der Waals surface area contributed by atoms with Gasteiger partial charge in [0.15, 0.2) is 5.58 Å². The van der Waals surface area contributed by atoms with Crippen LogP contribution >= 0.6 is 0 Å². The summed E-state index contributed by atoms with van der Waals surface area (Å²) >= 11 is 0. The number of aromatic nitrogens is 1. The summed E-state index contributed by atoms with van der Waals surface area (Å²) in [7, 11) is 0. The van der Waals surface area contributed by atoms with Crippen LogP contribution < -0.4 is 0 Å². The molecule has 1 radical (unpaired) electrons. The molecule has 0 aliphatic carbocycles. The summed E-state index contributed by atoms with van der Waals surface area (Å²) in [6, 6.07) is 16.2. The van der Waals surface area contributed by atoms with E-state index >= 15 is 0 Å². The minimum atomic E-state index is 0. The second-order valence-electron chi connectivity index (χ2n) is 3.66. The van der Waals surface area contributed by atoms with Crippen LogP contribution in [0.15, 0.2) is 52.9 Å². The molecule has 81 valence electrons. The van der Waals surface area contributed by atoms with Crippen LogP contribution in [0.25, 0.3) is 22.2 Å². The SMILES string of the molecule is [CH2-]c1nc2cc(-c3ccccc3)ccc2o1.[Y]. The molecule has 0 N–H and O–H groups in total. The number of nitrogens with zero attached hydrogens (tertiary/aromatic N) is 1. The summed E-state index contributed by atoms with van der Waals surface area (Å²) in [5.41, 5.74) is 3.95. The molecule has 0 bridgehead atoms. The first-order valence-corrected chi connectivity index (χ1v) is 5.11. The van der Waals surface area contributed by atoms with E-state index in [9.17, 15) is 0 Å². The Bertz CT molecular complexity index is 631. The van der Waals surface area contributed by atoms with Gasteiger partial charge in [-0.05, 0) is 23.3 Å². The van der Waals surface area contributed by atoms with E-state index in [1.54, 1.807) is 0 Å². The predicted octanol–water partition coefficient (Wildman–Crippen LogP) is 3.67. The molecule has 3 rings (SSSR count). The number of oxazole rings is 1. The Kier molecular flexibility index (Phi) is 3.65. The fourth-order valence-electron chi connectivity index (χ4n) is 1.79. The maximum absolute atomic E-state index is 5.34. The Morgan fingerprint density at radius 2 is 1.71 bits per heavy atom. The molecule has 0 aliphatic rings. The van der Waals surface area contributed by atoms with Gasteiger partial charge in [-0.15, -0.1) is 0 Å². The van der Waals surface area contributed by atoms with Gasteiger partial charge >= 0.3 is 0 Å². The average Bonchev–Trinajstić information content (AvgIpc) is 2.69. The van der Waals surface area contributed by atoms with Crippen molar-refractivity contribution >= 4 is 11.1 Å². The molecule has 3 heteroatoms. The van der Waals surface area contributed by atoms with Gasteiger partial charge in [0.2, 0.25) is 0 Å². The molecule has 0 saturated heterocycles. The zero-order valence-corrected chi connectivity index (χ0v) is 12.1. The van der Waals surface area contributed by atoms with E-state index in [-0.39, 0.29) is 32.7 Å². The smallest absolute Gasteiger partial charge is 0.151 e. The van der Waals surface area contributed by atoms with Crippen molar-refractivity contribution in [1.29, 1.82) is 0 Å². The molecular weight excluding hydrogens is 287 g/mol. The van der Waals surface area contributed by atoms with Crippen LogP contribution in [0.4, 0.5) is 0 Å².